The maximum atomic E-state index is 9.47. The first-order chi connectivity index (χ1) is 7.52. The van der Waals surface area contributed by atoms with Crippen LogP contribution < -0.4 is 21.9 Å². The second kappa shape index (κ2) is 4.87. The zero-order valence-electron chi connectivity index (χ0n) is 8.71. The Morgan fingerprint density at radius 1 is 1.31 bits per heavy atom. The van der Waals surface area contributed by atoms with Gasteiger partial charge in [-0.3, -0.25) is 0 Å². The highest BCUT2D eigenvalue weighted by atomic mass is 16.5. The predicted octanol–water partition coefficient (Wildman–Crippen LogP) is -0.380. The lowest BCUT2D eigenvalue weighted by molar-refractivity contribution is 0.373. The summed E-state index contributed by atoms with van der Waals surface area (Å²) in [5, 5.41) is 9.47. The van der Waals surface area contributed by atoms with Crippen LogP contribution in [0.15, 0.2) is 28.2 Å². The number of ether oxygens (including phenoxy) is 1. The Balaban J connectivity index is 2.99. The molecule has 0 fully saturated rings. The number of methoxy groups -OCH3 is 1. The van der Waals surface area contributed by atoms with E-state index in [-0.39, 0.29) is 17.7 Å². The van der Waals surface area contributed by atoms with Crippen LogP contribution in [-0.4, -0.2) is 24.1 Å². The SMILES string of the molecule is COc1ccc(N=C(N)N=C(N)N)cc1O. The number of rotatable bonds is 2. The fourth-order valence-corrected chi connectivity index (χ4v) is 1.04. The molecule has 0 amide bonds. The molecule has 0 atom stereocenters. The number of aliphatic imine (C=N–C) groups is 2. The van der Waals surface area contributed by atoms with Gasteiger partial charge < -0.3 is 27.0 Å². The standard InChI is InChI=1S/C9H13N5O2/c1-16-7-3-2-5(4-6(7)15)13-9(12)14-8(10)11/h2-4,15H,1H3,(H6,10,11,12,13,14). The molecule has 0 heterocycles. The molecule has 0 saturated carbocycles. The van der Waals surface area contributed by atoms with Crippen LogP contribution in [-0.2, 0) is 0 Å². The van der Waals surface area contributed by atoms with Gasteiger partial charge in [-0.2, -0.15) is 4.99 Å². The lowest BCUT2D eigenvalue weighted by Gasteiger charge is -2.03. The summed E-state index contributed by atoms with van der Waals surface area (Å²) in [6.45, 7) is 0. The number of benzene rings is 1. The summed E-state index contributed by atoms with van der Waals surface area (Å²) in [7, 11) is 1.45. The highest BCUT2D eigenvalue weighted by molar-refractivity contribution is 5.93. The highest BCUT2D eigenvalue weighted by Gasteiger charge is 2.01. The molecule has 7 nitrogen and oxygen atoms in total. The van der Waals surface area contributed by atoms with Gasteiger partial charge in [0.25, 0.3) is 0 Å². The van der Waals surface area contributed by atoms with Crippen molar-refractivity contribution in [1.29, 1.82) is 0 Å². The third kappa shape index (κ3) is 3.05. The minimum Gasteiger partial charge on any atom is -0.504 e. The Morgan fingerprint density at radius 2 is 2.00 bits per heavy atom. The van der Waals surface area contributed by atoms with Crippen LogP contribution in [0.4, 0.5) is 5.69 Å². The number of hydrogen-bond donors (Lipinski definition) is 4. The third-order valence-corrected chi connectivity index (χ3v) is 1.65. The Kier molecular flexibility index (Phi) is 3.54. The smallest absolute Gasteiger partial charge is 0.223 e. The largest absolute Gasteiger partial charge is 0.504 e. The molecule has 7 heteroatoms. The molecule has 0 bridgehead atoms. The third-order valence-electron chi connectivity index (χ3n) is 1.65. The maximum Gasteiger partial charge on any atom is 0.223 e. The summed E-state index contributed by atoms with van der Waals surface area (Å²) in [6.07, 6.45) is 0. The van der Waals surface area contributed by atoms with E-state index in [2.05, 4.69) is 9.98 Å². The Labute approximate surface area is 92.2 Å². The van der Waals surface area contributed by atoms with Crippen molar-refractivity contribution >= 4 is 17.6 Å². The first-order valence-electron chi connectivity index (χ1n) is 4.33. The van der Waals surface area contributed by atoms with E-state index in [9.17, 15) is 5.11 Å². The Morgan fingerprint density at radius 3 is 2.50 bits per heavy atom. The van der Waals surface area contributed by atoms with E-state index < -0.39 is 0 Å². The van der Waals surface area contributed by atoms with Crippen LogP contribution >= 0.6 is 0 Å². The first-order valence-corrected chi connectivity index (χ1v) is 4.33. The zero-order chi connectivity index (χ0) is 12.1. The van der Waals surface area contributed by atoms with Crippen molar-refractivity contribution < 1.29 is 9.84 Å². The summed E-state index contributed by atoms with van der Waals surface area (Å²) in [5.41, 5.74) is 16.1. The molecule has 7 N–H and O–H groups in total. The first kappa shape index (κ1) is 11.6. The topological polar surface area (TPSA) is 132 Å². The molecule has 0 aliphatic rings. The van der Waals surface area contributed by atoms with Gasteiger partial charge in [-0.25, -0.2) is 4.99 Å². The summed E-state index contributed by atoms with van der Waals surface area (Å²) in [6, 6.07) is 4.54. The van der Waals surface area contributed by atoms with E-state index in [1.165, 1.54) is 13.2 Å². The number of guanidine groups is 2. The molecule has 0 spiro atoms. The monoisotopic (exact) mass is 223 g/mol. The van der Waals surface area contributed by atoms with Gasteiger partial charge in [0.05, 0.1) is 12.8 Å². The number of nitrogens with two attached hydrogens (primary N) is 3. The van der Waals surface area contributed by atoms with Gasteiger partial charge in [0.1, 0.15) is 0 Å². The van der Waals surface area contributed by atoms with Crippen LogP contribution in [0.3, 0.4) is 0 Å². The maximum absolute atomic E-state index is 9.47. The molecule has 1 rings (SSSR count). The van der Waals surface area contributed by atoms with Crippen LogP contribution in [0.1, 0.15) is 0 Å². The number of aromatic hydroxyl groups is 1. The molecule has 0 unspecified atom stereocenters. The molecule has 16 heavy (non-hydrogen) atoms. The summed E-state index contributed by atoms with van der Waals surface area (Å²) < 4.78 is 4.87. The molecular formula is C9H13N5O2. The van der Waals surface area contributed by atoms with E-state index in [4.69, 9.17) is 21.9 Å². The second-order valence-corrected chi connectivity index (χ2v) is 2.86. The second-order valence-electron chi connectivity index (χ2n) is 2.86. The fourth-order valence-electron chi connectivity index (χ4n) is 1.04. The van der Waals surface area contributed by atoms with Crippen LogP contribution in [0.5, 0.6) is 11.5 Å². The van der Waals surface area contributed by atoms with E-state index in [1.54, 1.807) is 12.1 Å². The van der Waals surface area contributed by atoms with E-state index in [0.717, 1.165) is 0 Å². The van der Waals surface area contributed by atoms with Crippen molar-refractivity contribution in [3.05, 3.63) is 18.2 Å². The van der Waals surface area contributed by atoms with Gasteiger partial charge in [-0.15, -0.1) is 0 Å². The molecule has 0 aromatic heterocycles. The molecule has 1 aromatic carbocycles. The summed E-state index contributed by atoms with van der Waals surface area (Å²) in [4.78, 5) is 7.40. The number of phenolic OH excluding ortho intramolecular Hbond substituents is 1. The molecule has 1 aromatic rings. The lowest BCUT2D eigenvalue weighted by atomic mass is 10.3. The van der Waals surface area contributed by atoms with Gasteiger partial charge in [0, 0.05) is 6.07 Å². The fraction of sp³-hybridized carbons (Fsp3) is 0.111. The van der Waals surface area contributed by atoms with Crippen molar-refractivity contribution in [2.45, 2.75) is 0 Å². The van der Waals surface area contributed by atoms with Gasteiger partial charge in [0.15, 0.2) is 17.5 Å². The zero-order valence-corrected chi connectivity index (χ0v) is 8.71. The number of phenols is 1. The average molecular weight is 223 g/mol. The molecule has 0 radical (unpaired) electrons. The Hall–Kier alpha value is -2.44. The van der Waals surface area contributed by atoms with Crippen molar-refractivity contribution in [2.24, 2.45) is 27.2 Å². The minimum absolute atomic E-state index is 0.0405. The van der Waals surface area contributed by atoms with Gasteiger partial charge in [-0.1, -0.05) is 0 Å². The van der Waals surface area contributed by atoms with Crippen molar-refractivity contribution in [1.82, 2.24) is 0 Å². The lowest BCUT2D eigenvalue weighted by Crippen LogP contribution is -2.26. The minimum atomic E-state index is -0.181. The van der Waals surface area contributed by atoms with Crippen LogP contribution in [0.2, 0.25) is 0 Å². The predicted molar refractivity (Wildman–Crippen MR) is 61.8 cm³/mol. The number of nitrogens with zero attached hydrogens (tertiary/aromatic N) is 2. The highest BCUT2D eigenvalue weighted by Crippen LogP contribution is 2.29. The normalized spacial score (nSPS) is 10.9. The van der Waals surface area contributed by atoms with Gasteiger partial charge >= 0.3 is 0 Å². The molecular weight excluding hydrogens is 210 g/mol. The number of hydrogen-bond acceptors (Lipinski definition) is 3. The van der Waals surface area contributed by atoms with Crippen molar-refractivity contribution in [3.63, 3.8) is 0 Å². The van der Waals surface area contributed by atoms with E-state index >= 15 is 0 Å². The average Bonchev–Trinajstić information content (AvgIpc) is 2.16. The van der Waals surface area contributed by atoms with Gasteiger partial charge in [0.2, 0.25) is 5.96 Å². The van der Waals surface area contributed by atoms with E-state index in [0.29, 0.717) is 11.4 Å². The summed E-state index contributed by atoms with van der Waals surface area (Å²) >= 11 is 0. The van der Waals surface area contributed by atoms with Crippen molar-refractivity contribution in [2.75, 3.05) is 7.11 Å². The summed E-state index contributed by atoms with van der Waals surface area (Å²) in [5.74, 6) is 0.0316. The molecule has 0 saturated heterocycles. The van der Waals surface area contributed by atoms with E-state index in [1.807, 2.05) is 0 Å². The molecule has 0 aliphatic heterocycles. The van der Waals surface area contributed by atoms with Crippen LogP contribution in [0.25, 0.3) is 0 Å². The van der Waals surface area contributed by atoms with Crippen molar-refractivity contribution in [3.8, 4) is 11.5 Å². The molecule has 0 aliphatic carbocycles. The quantitative estimate of drug-likeness (QED) is 0.400. The Bertz CT molecular complexity index is 438. The molecule has 86 valence electrons. The van der Waals surface area contributed by atoms with Crippen LogP contribution in [0, 0.1) is 0 Å². The van der Waals surface area contributed by atoms with Gasteiger partial charge in [-0.05, 0) is 12.1 Å².